The van der Waals surface area contributed by atoms with Crippen LogP contribution >= 0.6 is 11.6 Å². The highest BCUT2D eigenvalue weighted by Crippen LogP contribution is 2.37. The van der Waals surface area contributed by atoms with E-state index < -0.39 is 23.8 Å². The van der Waals surface area contributed by atoms with Gasteiger partial charge in [-0.15, -0.1) is 0 Å². The summed E-state index contributed by atoms with van der Waals surface area (Å²) in [5.41, 5.74) is -0.664. The third kappa shape index (κ3) is 5.10. The molecule has 27 heavy (non-hydrogen) atoms. The van der Waals surface area contributed by atoms with E-state index in [0.29, 0.717) is 6.20 Å². The van der Waals surface area contributed by atoms with Crippen molar-refractivity contribution in [2.75, 3.05) is 0 Å². The molecule has 0 aliphatic heterocycles. The number of hydrogen-bond donors (Lipinski definition) is 1. The van der Waals surface area contributed by atoms with Gasteiger partial charge < -0.3 is 14.7 Å². The molecule has 0 radical (unpaired) electrons. The lowest BCUT2D eigenvalue weighted by Gasteiger charge is -2.14. The number of carbonyl (C=O) groups is 1. The van der Waals surface area contributed by atoms with Gasteiger partial charge in [-0.1, -0.05) is 16.8 Å². The molecule has 10 heteroatoms. The van der Waals surface area contributed by atoms with Crippen molar-refractivity contribution in [3.8, 4) is 22.8 Å². The Morgan fingerprint density at radius 1 is 1.37 bits per heavy atom. The first kappa shape index (κ1) is 20.5. The lowest BCUT2D eigenvalue weighted by Crippen LogP contribution is -2.24. The molecule has 0 aliphatic rings. The van der Waals surface area contributed by atoms with Gasteiger partial charge in [0.25, 0.3) is 0 Å². The fraction of sp³-hybridized carbons (Fsp3) is 0.235. The van der Waals surface area contributed by atoms with Gasteiger partial charge in [-0.3, -0.25) is 4.98 Å². The first-order chi connectivity index (χ1) is 12.6. The monoisotopic (exact) mass is 402 g/mol. The maximum absolute atomic E-state index is 12.7. The van der Waals surface area contributed by atoms with E-state index in [4.69, 9.17) is 16.3 Å². The Morgan fingerprint density at radius 3 is 2.63 bits per heavy atom. The number of alkyl halides is 3. The number of ether oxygens (including phenoxy) is 1. The summed E-state index contributed by atoms with van der Waals surface area (Å²) < 4.78 is 43.3. The molecular formula is C17H14ClF3N2O4. The van der Waals surface area contributed by atoms with E-state index in [9.17, 15) is 23.1 Å². The minimum absolute atomic E-state index is 0.0355. The van der Waals surface area contributed by atoms with Crippen LogP contribution in [-0.4, -0.2) is 28.4 Å². The fourth-order valence-electron chi connectivity index (χ4n) is 1.99. The predicted molar refractivity (Wildman–Crippen MR) is 91.7 cm³/mol. The standard InChI is InChI=1S/C17H14ClF3N2O4/c1-3-23-27-16(25)9(2)26-14-5-4-10(6-13(14)24)15-12(18)7-11(8-22-15)17(19,20)21/h3-9,24H,1-2H3. The number of benzene rings is 1. The Bertz CT molecular complexity index is 872. The predicted octanol–water partition coefficient (Wildman–Crippen LogP) is 4.44. The lowest BCUT2D eigenvalue weighted by atomic mass is 10.1. The quantitative estimate of drug-likeness (QED) is 0.454. The molecule has 0 saturated heterocycles. The minimum Gasteiger partial charge on any atom is -0.504 e. The second kappa shape index (κ2) is 8.26. The van der Waals surface area contributed by atoms with Crippen LogP contribution in [0.3, 0.4) is 0 Å². The van der Waals surface area contributed by atoms with Crippen LogP contribution in [0.15, 0.2) is 35.6 Å². The van der Waals surface area contributed by atoms with Gasteiger partial charge in [-0.2, -0.15) is 13.2 Å². The maximum atomic E-state index is 12.7. The third-order valence-corrected chi connectivity index (χ3v) is 3.57. The van der Waals surface area contributed by atoms with Gasteiger partial charge in [0.1, 0.15) is 0 Å². The van der Waals surface area contributed by atoms with E-state index in [1.165, 1.54) is 31.3 Å². The molecule has 0 spiro atoms. The lowest BCUT2D eigenvalue weighted by molar-refractivity contribution is -0.151. The number of phenolic OH excluding ortho intramolecular Hbond substituents is 1. The molecule has 0 amide bonds. The van der Waals surface area contributed by atoms with Crippen molar-refractivity contribution in [2.24, 2.45) is 5.16 Å². The van der Waals surface area contributed by atoms with E-state index in [1.54, 1.807) is 6.92 Å². The van der Waals surface area contributed by atoms with Gasteiger partial charge in [-0.25, -0.2) is 4.79 Å². The highest BCUT2D eigenvalue weighted by atomic mass is 35.5. The zero-order valence-corrected chi connectivity index (χ0v) is 14.9. The third-order valence-electron chi connectivity index (χ3n) is 3.28. The summed E-state index contributed by atoms with van der Waals surface area (Å²) in [7, 11) is 0. The number of rotatable bonds is 5. The van der Waals surface area contributed by atoms with Crippen LogP contribution in [0.5, 0.6) is 11.5 Å². The first-order valence-corrected chi connectivity index (χ1v) is 7.93. The summed E-state index contributed by atoms with van der Waals surface area (Å²) in [4.78, 5) is 19.8. The largest absolute Gasteiger partial charge is 0.504 e. The summed E-state index contributed by atoms with van der Waals surface area (Å²) in [5.74, 6) is -1.17. The van der Waals surface area contributed by atoms with Gasteiger partial charge in [0.05, 0.1) is 16.3 Å². The molecule has 2 rings (SSSR count). The summed E-state index contributed by atoms with van der Waals surface area (Å²) in [6.45, 7) is 2.96. The molecule has 1 unspecified atom stereocenters. The normalized spacial score (nSPS) is 12.8. The van der Waals surface area contributed by atoms with Crippen molar-refractivity contribution in [1.82, 2.24) is 4.98 Å². The molecule has 0 fully saturated rings. The second-order valence-electron chi connectivity index (χ2n) is 5.27. The Kier molecular flexibility index (Phi) is 6.27. The Morgan fingerprint density at radius 2 is 2.07 bits per heavy atom. The van der Waals surface area contributed by atoms with Crippen molar-refractivity contribution in [3.63, 3.8) is 0 Å². The van der Waals surface area contributed by atoms with Gasteiger partial charge in [-0.05, 0) is 38.1 Å². The topological polar surface area (TPSA) is 81.0 Å². The van der Waals surface area contributed by atoms with E-state index in [0.717, 1.165) is 6.07 Å². The zero-order chi connectivity index (χ0) is 20.2. The molecule has 1 aromatic heterocycles. The van der Waals surface area contributed by atoms with E-state index in [1.807, 2.05) is 0 Å². The van der Waals surface area contributed by atoms with Crippen LogP contribution in [-0.2, 0) is 15.8 Å². The van der Waals surface area contributed by atoms with Crippen molar-refractivity contribution in [3.05, 3.63) is 41.0 Å². The summed E-state index contributed by atoms with van der Waals surface area (Å²) in [6, 6.07) is 4.71. The van der Waals surface area contributed by atoms with Gasteiger partial charge in [0.2, 0.25) is 0 Å². The SMILES string of the molecule is CC=NOC(=O)C(C)Oc1ccc(-c2ncc(C(F)(F)F)cc2Cl)cc1O. The van der Waals surface area contributed by atoms with Gasteiger partial charge in [0.15, 0.2) is 17.6 Å². The smallest absolute Gasteiger partial charge is 0.417 e. The fourth-order valence-corrected chi connectivity index (χ4v) is 2.26. The Hall–Kier alpha value is -2.81. The number of oxime groups is 1. The van der Waals surface area contributed by atoms with Crippen molar-refractivity contribution in [1.29, 1.82) is 0 Å². The van der Waals surface area contributed by atoms with Crippen molar-refractivity contribution < 1.29 is 32.6 Å². The number of pyridine rings is 1. The molecule has 1 heterocycles. The summed E-state index contributed by atoms with van der Waals surface area (Å²) >= 11 is 5.89. The highest BCUT2D eigenvalue weighted by molar-refractivity contribution is 6.33. The molecule has 6 nitrogen and oxygen atoms in total. The molecule has 144 valence electrons. The number of hydrogen-bond acceptors (Lipinski definition) is 6. The molecule has 2 aromatic rings. The van der Waals surface area contributed by atoms with Gasteiger partial charge >= 0.3 is 12.1 Å². The molecule has 0 saturated carbocycles. The van der Waals surface area contributed by atoms with Crippen LogP contribution in [0, 0.1) is 0 Å². The maximum Gasteiger partial charge on any atom is 0.417 e. The average molecular weight is 403 g/mol. The summed E-state index contributed by atoms with van der Waals surface area (Å²) in [5, 5.41) is 13.2. The van der Waals surface area contributed by atoms with E-state index >= 15 is 0 Å². The van der Waals surface area contributed by atoms with Crippen LogP contribution < -0.4 is 4.74 Å². The van der Waals surface area contributed by atoms with Crippen LogP contribution in [0.4, 0.5) is 13.2 Å². The zero-order valence-electron chi connectivity index (χ0n) is 14.1. The van der Waals surface area contributed by atoms with Crippen molar-refractivity contribution >= 4 is 23.8 Å². The van der Waals surface area contributed by atoms with E-state index in [2.05, 4.69) is 15.0 Å². The van der Waals surface area contributed by atoms with Crippen LogP contribution in [0.2, 0.25) is 5.02 Å². The first-order valence-electron chi connectivity index (χ1n) is 7.55. The molecule has 0 bridgehead atoms. The van der Waals surface area contributed by atoms with E-state index in [-0.39, 0.29) is 27.8 Å². The number of halogens is 4. The number of aromatic nitrogens is 1. The van der Waals surface area contributed by atoms with Gasteiger partial charge in [0, 0.05) is 18.0 Å². The second-order valence-corrected chi connectivity index (χ2v) is 5.68. The molecule has 1 atom stereocenters. The molecule has 1 N–H and O–H groups in total. The minimum atomic E-state index is -4.57. The Balaban J connectivity index is 2.23. The number of aromatic hydroxyl groups is 1. The molecule has 0 aliphatic carbocycles. The molecule has 1 aromatic carbocycles. The Labute approximate surface area is 157 Å². The number of carbonyl (C=O) groups excluding carboxylic acids is 1. The van der Waals surface area contributed by atoms with Crippen LogP contribution in [0.25, 0.3) is 11.3 Å². The number of phenols is 1. The average Bonchev–Trinajstić information content (AvgIpc) is 2.60. The summed E-state index contributed by atoms with van der Waals surface area (Å²) in [6.07, 6.45) is -3.70. The highest BCUT2D eigenvalue weighted by Gasteiger charge is 2.31. The number of nitrogens with zero attached hydrogens (tertiary/aromatic N) is 2. The van der Waals surface area contributed by atoms with Crippen molar-refractivity contribution in [2.45, 2.75) is 26.1 Å². The van der Waals surface area contributed by atoms with Crippen LogP contribution in [0.1, 0.15) is 19.4 Å². The molecular weight excluding hydrogens is 389 g/mol.